The Morgan fingerprint density at radius 2 is 2.18 bits per heavy atom. The van der Waals surface area contributed by atoms with E-state index >= 15 is 0 Å². The smallest absolute Gasteiger partial charge is 0.239 e. The highest BCUT2D eigenvalue weighted by Gasteiger charge is 2.16. The van der Waals surface area contributed by atoms with Gasteiger partial charge in [0, 0.05) is 11.3 Å². The fourth-order valence-electron chi connectivity index (χ4n) is 1.54. The fourth-order valence-corrected chi connectivity index (χ4v) is 1.54. The molecule has 1 aromatic rings. The van der Waals surface area contributed by atoms with Crippen molar-refractivity contribution < 1.29 is 4.79 Å². The van der Waals surface area contributed by atoms with Gasteiger partial charge in [-0.05, 0) is 20.3 Å². The van der Waals surface area contributed by atoms with Crippen molar-refractivity contribution >= 4 is 11.7 Å². The number of nitrogens with two attached hydrogens (primary N) is 1. The Morgan fingerprint density at radius 3 is 2.76 bits per heavy atom. The largest absolute Gasteiger partial charge is 0.368 e. The Kier molecular flexibility index (Phi) is 4.87. The summed E-state index contributed by atoms with van der Waals surface area (Å²) in [7, 11) is 0. The third-order valence-corrected chi connectivity index (χ3v) is 2.84. The highest BCUT2D eigenvalue weighted by Crippen LogP contribution is 2.15. The van der Waals surface area contributed by atoms with Gasteiger partial charge in [0.1, 0.15) is 18.2 Å². The van der Waals surface area contributed by atoms with Gasteiger partial charge in [-0.2, -0.15) is 0 Å². The number of primary amides is 1. The summed E-state index contributed by atoms with van der Waals surface area (Å²) >= 11 is 0. The highest BCUT2D eigenvalue weighted by molar-refractivity contribution is 5.82. The SMILES string of the molecule is CCCC[C@H](Nc1ncnc(C)c1C)C(N)=O. The highest BCUT2D eigenvalue weighted by atomic mass is 16.1. The van der Waals surface area contributed by atoms with Crippen LogP contribution in [0.1, 0.15) is 37.4 Å². The molecule has 0 fully saturated rings. The minimum Gasteiger partial charge on any atom is -0.368 e. The number of nitrogens with zero attached hydrogens (tertiary/aromatic N) is 2. The first kappa shape index (κ1) is 13.4. The Morgan fingerprint density at radius 1 is 1.47 bits per heavy atom. The number of hydrogen-bond donors (Lipinski definition) is 2. The molecule has 1 rings (SSSR count). The van der Waals surface area contributed by atoms with Gasteiger partial charge in [-0.1, -0.05) is 19.8 Å². The van der Waals surface area contributed by atoms with Crippen LogP contribution in [0, 0.1) is 13.8 Å². The molecule has 5 heteroatoms. The molecule has 0 unspecified atom stereocenters. The van der Waals surface area contributed by atoms with Crippen molar-refractivity contribution in [2.45, 2.75) is 46.1 Å². The monoisotopic (exact) mass is 236 g/mol. The van der Waals surface area contributed by atoms with E-state index in [1.807, 2.05) is 13.8 Å². The molecule has 0 aliphatic heterocycles. The lowest BCUT2D eigenvalue weighted by atomic mass is 10.1. The Balaban J connectivity index is 2.78. The summed E-state index contributed by atoms with van der Waals surface area (Å²) in [4.78, 5) is 19.5. The van der Waals surface area contributed by atoms with E-state index in [4.69, 9.17) is 5.73 Å². The fraction of sp³-hybridized carbons (Fsp3) is 0.583. The predicted molar refractivity (Wildman–Crippen MR) is 67.6 cm³/mol. The van der Waals surface area contributed by atoms with Gasteiger partial charge in [0.05, 0.1) is 0 Å². The molecule has 0 aromatic carbocycles. The first-order valence-corrected chi connectivity index (χ1v) is 5.90. The topological polar surface area (TPSA) is 80.9 Å². The summed E-state index contributed by atoms with van der Waals surface area (Å²) < 4.78 is 0. The van der Waals surface area contributed by atoms with Crippen LogP contribution in [-0.2, 0) is 4.79 Å². The lowest BCUT2D eigenvalue weighted by Crippen LogP contribution is -2.36. The van der Waals surface area contributed by atoms with Gasteiger partial charge in [0.25, 0.3) is 0 Å². The van der Waals surface area contributed by atoms with Crippen LogP contribution in [0.2, 0.25) is 0 Å². The third-order valence-electron chi connectivity index (χ3n) is 2.84. The Labute approximate surface area is 102 Å². The van der Waals surface area contributed by atoms with Crippen molar-refractivity contribution in [1.82, 2.24) is 9.97 Å². The molecule has 1 heterocycles. The van der Waals surface area contributed by atoms with Crippen molar-refractivity contribution in [3.8, 4) is 0 Å². The van der Waals surface area contributed by atoms with Crippen molar-refractivity contribution in [2.75, 3.05) is 5.32 Å². The van der Waals surface area contributed by atoms with E-state index in [1.54, 1.807) is 0 Å². The van der Waals surface area contributed by atoms with Gasteiger partial charge < -0.3 is 11.1 Å². The average Bonchev–Trinajstić information content (AvgIpc) is 2.29. The molecule has 5 nitrogen and oxygen atoms in total. The standard InChI is InChI=1S/C12H20N4O/c1-4-5-6-10(11(13)17)16-12-8(2)9(3)14-7-15-12/h7,10H,4-6H2,1-3H3,(H2,13,17)(H,14,15,16)/t10-/m0/s1. The zero-order valence-corrected chi connectivity index (χ0v) is 10.7. The number of unbranched alkanes of at least 4 members (excludes halogenated alkanes) is 1. The molecule has 1 aromatic heterocycles. The second kappa shape index (κ2) is 6.18. The summed E-state index contributed by atoms with van der Waals surface area (Å²) in [6, 6.07) is -0.358. The van der Waals surface area contributed by atoms with Gasteiger partial charge >= 0.3 is 0 Å². The number of carbonyl (C=O) groups excluding carboxylic acids is 1. The van der Waals surface area contributed by atoms with E-state index in [1.165, 1.54) is 6.33 Å². The maximum absolute atomic E-state index is 11.3. The van der Waals surface area contributed by atoms with Gasteiger partial charge in [0.2, 0.25) is 5.91 Å². The third kappa shape index (κ3) is 3.69. The van der Waals surface area contributed by atoms with Crippen LogP contribution < -0.4 is 11.1 Å². The number of aryl methyl sites for hydroxylation is 1. The number of hydrogen-bond acceptors (Lipinski definition) is 4. The van der Waals surface area contributed by atoms with E-state index in [0.717, 1.165) is 30.5 Å². The molecule has 0 bridgehead atoms. The van der Waals surface area contributed by atoms with Crippen molar-refractivity contribution in [3.63, 3.8) is 0 Å². The lowest BCUT2D eigenvalue weighted by Gasteiger charge is -2.17. The number of rotatable bonds is 6. The number of carbonyl (C=O) groups is 1. The Hall–Kier alpha value is -1.65. The molecule has 0 aliphatic carbocycles. The van der Waals surface area contributed by atoms with Crippen LogP contribution in [-0.4, -0.2) is 21.9 Å². The number of aromatic nitrogens is 2. The normalized spacial score (nSPS) is 12.2. The minimum absolute atomic E-state index is 0.339. The lowest BCUT2D eigenvalue weighted by molar-refractivity contribution is -0.118. The molecule has 17 heavy (non-hydrogen) atoms. The van der Waals surface area contributed by atoms with E-state index in [-0.39, 0.29) is 11.9 Å². The second-order valence-electron chi connectivity index (χ2n) is 4.17. The van der Waals surface area contributed by atoms with Crippen LogP contribution in [0.3, 0.4) is 0 Å². The zero-order valence-electron chi connectivity index (χ0n) is 10.7. The maximum Gasteiger partial charge on any atom is 0.239 e. The summed E-state index contributed by atoms with van der Waals surface area (Å²) in [5.74, 6) is 0.353. The van der Waals surface area contributed by atoms with E-state index < -0.39 is 0 Å². The van der Waals surface area contributed by atoms with Gasteiger partial charge in [-0.3, -0.25) is 4.79 Å². The molecule has 0 spiro atoms. The molecule has 0 saturated heterocycles. The summed E-state index contributed by atoms with van der Waals surface area (Å²) in [6.45, 7) is 5.92. The quantitative estimate of drug-likeness (QED) is 0.785. The minimum atomic E-state index is -0.358. The number of anilines is 1. The van der Waals surface area contributed by atoms with Gasteiger partial charge in [0.15, 0.2) is 0 Å². The average molecular weight is 236 g/mol. The van der Waals surface area contributed by atoms with Crippen molar-refractivity contribution in [3.05, 3.63) is 17.6 Å². The summed E-state index contributed by atoms with van der Waals surface area (Å²) in [5, 5.41) is 3.10. The summed E-state index contributed by atoms with van der Waals surface area (Å²) in [5.41, 5.74) is 7.23. The van der Waals surface area contributed by atoms with Crippen molar-refractivity contribution in [2.24, 2.45) is 5.73 Å². The number of nitrogens with one attached hydrogen (secondary N) is 1. The van der Waals surface area contributed by atoms with Crippen LogP contribution in [0.25, 0.3) is 0 Å². The van der Waals surface area contributed by atoms with E-state index in [0.29, 0.717) is 5.82 Å². The van der Waals surface area contributed by atoms with E-state index in [9.17, 15) is 4.79 Å². The molecule has 1 amide bonds. The first-order valence-electron chi connectivity index (χ1n) is 5.90. The van der Waals surface area contributed by atoms with Crippen LogP contribution in [0.5, 0.6) is 0 Å². The molecular formula is C12H20N4O. The first-order chi connectivity index (χ1) is 8.06. The van der Waals surface area contributed by atoms with E-state index in [2.05, 4.69) is 22.2 Å². The Bertz CT molecular complexity index is 392. The van der Waals surface area contributed by atoms with Crippen molar-refractivity contribution in [1.29, 1.82) is 0 Å². The van der Waals surface area contributed by atoms with Crippen LogP contribution in [0.15, 0.2) is 6.33 Å². The molecule has 94 valence electrons. The molecule has 0 radical (unpaired) electrons. The van der Waals surface area contributed by atoms with Gasteiger partial charge in [-0.25, -0.2) is 9.97 Å². The predicted octanol–water partition coefficient (Wildman–Crippen LogP) is 1.55. The van der Waals surface area contributed by atoms with Crippen LogP contribution >= 0.6 is 0 Å². The molecule has 0 saturated carbocycles. The molecular weight excluding hydrogens is 216 g/mol. The zero-order chi connectivity index (χ0) is 12.8. The van der Waals surface area contributed by atoms with Crippen LogP contribution in [0.4, 0.5) is 5.82 Å². The molecule has 0 aliphatic rings. The number of amides is 1. The second-order valence-corrected chi connectivity index (χ2v) is 4.17. The van der Waals surface area contributed by atoms with Gasteiger partial charge in [-0.15, -0.1) is 0 Å². The maximum atomic E-state index is 11.3. The molecule has 1 atom stereocenters. The molecule has 3 N–H and O–H groups in total. The summed E-state index contributed by atoms with van der Waals surface area (Å²) in [6.07, 6.45) is 4.22.